The predicted molar refractivity (Wildman–Crippen MR) is 84.7 cm³/mol. The third kappa shape index (κ3) is 4.17. The lowest BCUT2D eigenvalue weighted by molar-refractivity contribution is -0.140. The van der Waals surface area contributed by atoms with Gasteiger partial charge in [-0.15, -0.1) is 0 Å². The lowest BCUT2D eigenvalue weighted by Gasteiger charge is -2.14. The van der Waals surface area contributed by atoms with Crippen LogP contribution in [0.25, 0.3) is 0 Å². The molecule has 1 saturated carbocycles. The number of amides is 1. The van der Waals surface area contributed by atoms with Gasteiger partial charge in [0.05, 0.1) is 6.54 Å². The molecule has 1 aliphatic carbocycles. The Hall–Kier alpha value is -1.15. The Labute approximate surface area is 131 Å². The molecule has 6 heteroatoms. The minimum atomic E-state index is -0.884. The number of aryl methyl sites for hydroxylation is 1. The van der Waals surface area contributed by atoms with E-state index in [1.165, 1.54) is 0 Å². The topological polar surface area (TPSA) is 78.4 Å². The summed E-state index contributed by atoms with van der Waals surface area (Å²) in [6.07, 6.45) is 1.84. The molecule has 0 aromatic heterocycles. The van der Waals surface area contributed by atoms with Crippen LogP contribution in [0.15, 0.2) is 18.2 Å². The number of hydrogen-bond donors (Lipinski definition) is 3. The third-order valence-electron chi connectivity index (χ3n) is 3.30. The van der Waals surface area contributed by atoms with Gasteiger partial charge >= 0.3 is 5.97 Å². The van der Waals surface area contributed by atoms with Crippen LogP contribution in [0.4, 0.5) is 5.69 Å². The summed E-state index contributed by atoms with van der Waals surface area (Å²) in [5.41, 5.74) is 1.75. The zero-order valence-electron chi connectivity index (χ0n) is 11.1. The van der Waals surface area contributed by atoms with Crippen molar-refractivity contribution in [1.29, 1.82) is 0 Å². The van der Waals surface area contributed by atoms with Gasteiger partial charge in [-0.25, -0.2) is 0 Å². The third-order valence-corrected chi connectivity index (χ3v) is 3.98. The van der Waals surface area contributed by atoms with Crippen molar-refractivity contribution in [2.45, 2.75) is 25.8 Å². The number of anilines is 1. The largest absolute Gasteiger partial charge is 0.480 e. The van der Waals surface area contributed by atoms with Crippen LogP contribution in [0, 0.1) is 16.4 Å². The molecular formula is C14H17IN2O3. The number of aliphatic carboxylic acids is 1. The van der Waals surface area contributed by atoms with Crippen molar-refractivity contribution in [3.05, 3.63) is 27.3 Å². The fraction of sp³-hybridized carbons (Fsp3) is 0.429. The van der Waals surface area contributed by atoms with Crippen LogP contribution < -0.4 is 10.6 Å². The van der Waals surface area contributed by atoms with Crippen LogP contribution in [-0.2, 0) is 9.59 Å². The normalized spacial score (nSPS) is 15.7. The maximum Gasteiger partial charge on any atom is 0.320 e. The highest BCUT2D eigenvalue weighted by Crippen LogP contribution is 2.32. The number of carbonyl (C=O) groups is 2. The monoisotopic (exact) mass is 388 g/mol. The fourth-order valence-electron chi connectivity index (χ4n) is 2.05. The molecule has 1 unspecified atom stereocenters. The first-order chi connectivity index (χ1) is 9.47. The molecule has 0 aliphatic heterocycles. The molecule has 3 N–H and O–H groups in total. The SMILES string of the molecule is Cc1cc(I)ccc1NC(=O)CNC(C(=O)O)C1CC1. The summed E-state index contributed by atoms with van der Waals surface area (Å²) in [6, 6.07) is 5.14. The van der Waals surface area contributed by atoms with Crippen LogP contribution >= 0.6 is 22.6 Å². The fourth-order valence-corrected chi connectivity index (χ4v) is 2.70. The number of carboxylic acids is 1. The van der Waals surface area contributed by atoms with Crippen molar-refractivity contribution in [2.75, 3.05) is 11.9 Å². The minimum absolute atomic E-state index is 0.0128. The summed E-state index contributed by atoms with van der Waals surface area (Å²) < 4.78 is 1.11. The van der Waals surface area contributed by atoms with Crippen LogP contribution in [0.5, 0.6) is 0 Å². The Balaban J connectivity index is 1.87. The van der Waals surface area contributed by atoms with E-state index in [2.05, 4.69) is 33.2 Å². The Kier molecular flexibility index (Phi) is 4.98. The van der Waals surface area contributed by atoms with Gasteiger partial charge in [-0.1, -0.05) is 0 Å². The van der Waals surface area contributed by atoms with Gasteiger partial charge in [-0.3, -0.25) is 14.9 Å². The molecule has 20 heavy (non-hydrogen) atoms. The van der Waals surface area contributed by atoms with Gasteiger partial charge in [0.2, 0.25) is 5.91 Å². The first-order valence-electron chi connectivity index (χ1n) is 6.49. The standard InChI is InChI=1S/C14H17IN2O3/c1-8-6-10(15)4-5-11(8)17-12(18)7-16-13(14(19)20)9-2-3-9/h4-6,9,13,16H,2-3,7H2,1H3,(H,17,18)(H,19,20). The van der Waals surface area contributed by atoms with Gasteiger partial charge in [0, 0.05) is 9.26 Å². The molecule has 1 fully saturated rings. The van der Waals surface area contributed by atoms with Crippen molar-refractivity contribution in [3.8, 4) is 0 Å². The highest BCUT2D eigenvalue weighted by molar-refractivity contribution is 14.1. The van der Waals surface area contributed by atoms with Crippen molar-refractivity contribution < 1.29 is 14.7 Å². The average Bonchev–Trinajstić information content (AvgIpc) is 3.17. The van der Waals surface area contributed by atoms with E-state index in [-0.39, 0.29) is 18.4 Å². The molecule has 2 rings (SSSR count). The summed E-state index contributed by atoms with van der Waals surface area (Å²) in [4.78, 5) is 22.9. The van der Waals surface area contributed by atoms with E-state index < -0.39 is 12.0 Å². The van der Waals surface area contributed by atoms with Gasteiger partial charge in [-0.2, -0.15) is 0 Å². The first-order valence-corrected chi connectivity index (χ1v) is 7.57. The summed E-state index contributed by atoms with van der Waals surface area (Å²) in [5.74, 6) is -0.938. The summed E-state index contributed by atoms with van der Waals surface area (Å²) in [7, 11) is 0. The Morgan fingerprint density at radius 2 is 2.15 bits per heavy atom. The number of hydrogen-bond acceptors (Lipinski definition) is 3. The highest BCUT2D eigenvalue weighted by atomic mass is 127. The molecule has 1 amide bonds. The van der Waals surface area contributed by atoms with E-state index >= 15 is 0 Å². The van der Waals surface area contributed by atoms with E-state index in [1.54, 1.807) is 0 Å². The number of nitrogens with one attached hydrogen (secondary N) is 2. The highest BCUT2D eigenvalue weighted by Gasteiger charge is 2.36. The lowest BCUT2D eigenvalue weighted by Crippen LogP contribution is -2.42. The van der Waals surface area contributed by atoms with Crippen molar-refractivity contribution in [3.63, 3.8) is 0 Å². The summed E-state index contributed by atoms with van der Waals surface area (Å²) in [5, 5.41) is 14.7. The molecule has 1 atom stereocenters. The predicted octanol–water partition coefficient (Wildman–Crippen LogP) is 1.99. The van der Waals surface area contributed by atoms with E-state index in [1.807, 2.05) is 25.1 Å². The minimum Gasteiger partial charge on any atom is -0.480 e. The molecule has 1 aromatic rings. The van der Waals surface area contributed by atoms with Gasteiger partial charge in [0.1, 0.15) is 6.04 Å². The maximum atomic E-state index is 11.9. The van der Waals surface area contributed by atoms with Crippen LogP contribution in [0.3, 0.4) is 0 Å². The quantitative estimate of drug-likeness (QED) is 0.652. The molecular weight excluding hydrogens is 371 g/mol. The van der Waals surface area contributed by atoms with Crippen molar-refractivity contribution >= 4 is 40.2 Å². The number of rotatable bonds is 6. The van der Waals surface area contributed by atoms with Gasteiger partial charge in [-0.05, 0) is 72.0 Å². The molecule has 1 aliphatic rings. The number of benzene rings is 1. The molecule has 0 radical (unpaired) electrons. The number of halogens is 1. The second-order valence-electron chi connectivity index (χ2n) is 5.04. The molecule has 0 saturated heterocycles. The maximum absolute atomic E-state index is 11.9. The Morgan fingerprint density at radius 1 is 1.45 bits per heavy atom. The van der Waals surface area contributed by atoms with Crippen molar-refractivity contribution in [1.82, 2.24) is 5.32 Å². The summed E-state index contributed by atoms with van der Waals surface area (Å²) >= 11 is 2.21. The molecule has 1 aromatic carbocycles. The number of carbonyl (C=O) groups excluding carboxylic acids is 1. The molecule has 108 valence electrons. The van der Waals surface area contributed by atoms with Gasteiger partial charge in [0.25, 0.3) is 0 Å². The van der Waals surface area contributed by atoms with E-state index in [4.69, 9.17) is 5.11 Å². The average molecular weight is 388 g/mol. The van der Waals surface area contributed by atoms with Crippen LogP contribution in [0.1, 0.15) is 18.4 Å². The van der Waals surface area contributed by atoms with E-state index in [9.17, 15) is 9.59 Å². The van der Waals surface area contributed by atoms with Crippen molar-refractivity contribution in [2.24, 2.45) is 5.92 Å². The van der Waals surface area contributed by atoms with Gasteiger partial charge < -0.3 is 10.4 Å². The molecule has 0 heterocycles. The van der Waals surface area contributed by atoms with Crippen LogP contribution in [-0.4, -0.2) is 29.6 Å². The molecule has 5 nitrogen and oxygen atoms in total. The second-order valence-corrected chi connectivity index (χ2v) is 6.29. The zero-order chi connectivity index (χ0) is 14.7. The molecule has 0 bridgehead atoms. The van der Waals surface area contributed by atoms with E-state index in [0.29, 0.717) is 0 Å². The Bertz CT molecular complexity index is 529. The van der Waals surface area contributed by atoms with Gasteiger partial charge in [0.15, 0.2) is 0 Å². The number of carboxylic acid groups (broad SMARTS) is 1. The van der Waals surface area contributed by atoms with E-state index in [0.717, 1.165) is 27.7 Å². The smallest absolute Gasteiger partial charge is 0.320 e. The Morgan fingerprint density at radius 3 is 2.70 bits per heavy atom. The van der Waals surface area contributed by atoms with Crippen LogP contribution in [0.2, 0.25) is 0 Å². The second kappa shape index (κ2) is 6.53. The summed E-state index contributed by atoms with van der Waals surface area (Å²) in [6.45, 7) is 1.94. The first kappa shape index (κ1) is 15.2. The zero-order valence-corrected chi connectivity index (χ0v) is 13.3. The lowest BCUT2D eigenvalue weighted by atomic mass is 10.2. The molecule has 0 spiro atoms.